The number of carbonyl (C=O) groups excluding carboxylic acids is 1. The fourth-order valence-corrected chi connectivity index (χ4v) is 4.66. The van der Waals surface area contributed by atoms with Crippen LogP contribution in [-0.2, 0) is 9.47 Å². The third kappa shape index (κ3) is 2.53. The summed E-state index contributed by atoms with van der Waals surface area (Å²) in [5.74, 6) is 0. The number of hydrogen-bond acceptors (Lipinski definition) is 3. The van der Waals surface area contributed by atoms with Gasteiger partial charge >= 0.3 is 6.16 Å². The molecule has 0 spiro atoms. The van der Waals surface area contributed by atoms with Crippen molar-refractivity contribution in [3.8, 4) is 0 Å². The minimum Gasteiger partial charge on any atom is -0.423 e. The molecule has 1 heterocycles. The first-order chi connectivity index (χ1) is 10.8. The average molecular weight is 318 g/mol. The van der Waals surface area contributed by atoms with Crippen LogP contribution >= 0.6 is 0 Å². The Morgan fingerprint density at radius 1 is 1.30 bits per heavy atom. The second-order valence-electron chi connectivity index (χ2n) is 8.30. The van der Waals surface area contributed by atoms with E-state index in [0.717, 1.165) is 38.5 Å². The maximum Gasteiger partial charge on any atom is 0.509 e. The van der Waals surface area contributed by atoms with Gasteiger partial charge in [0.1, 0.15) is 0 Å². The molecule has 2 aliphatic carbocycles. The van der Waals surface area contributed by atoms with E-state index in [0.29, 0.717) is 0 Å². The molecule has 1 saturated heterocycles. The molecule has 1 fully saturated rings. The Balaban J connectivity index is 2.13. The van der Waals surface area contributed by atoms with Crippen LogP contribution in [0.15, 0.2) is 23.8 Å². The lowest BCUT2D eigenvalue weighted by Gasteiger charge is -2.49. The zero-order valence-electron chi connectivity index (χ0n) is 15.0. The van der Waals surface area contributed by atoms with Crippen LogP contribution in [0.25, 0.3) is 0 Å². The van der Waals surface area contributed by atoms with E-state index < -0.39 is 11.8 Å². The first-order valence-corrected chi connectivity index (χ1v) is 9.12. The smallest absolute Gasteiger partial charge is 0.423 e. The molecule has 3 aliphatic rings. The Bertz CT molecular complexity index is 545. The summed E-state index contributed by atoms with van der Waals surface area (Å²) in [5.41, 5.74) is 0.560. The van der Waals surface area contributed by atoms with Gasteiger partial charge in [-0.1, -0.05) is 52.3 Å². The van der Waals surface area contributed by atoms with Gasteiger partial charge < -0.3 is 9.47 Å². The van der Waals surface area contributed by atoms with Crippen LogP contribution in [0.2, 0.25) is 0 Å². The molecular weight excluding hydrogens is 288 g/mol. The summed E-state index contributed by atoms with van der Waals surface area (Å²) in [6.45, 7) is 8.90. The van der Waals surface area contributed by atoms with E-state index in [9.17, 15) is 4.79 Å². The van der Waals surface area contributed by atoms with Gasteiger partial charge in [0.15, 0.2) is 11.7 Å². The summed E-state index contributed by atoms with van der Waals surface area (Å²) in [6.07, 6.45) is 13.5. The highest BCUT2D eigenvalue weighted by Gasteiger charge is 2.62. The summed E-state index contributed by atoms with van der Waals surface area (Å²) < 4.78 is 11.8. The number of rotatable bonds is 3. The predicted octanol–water partition coefficient (Wildman–Crippen LogP) is 5.55. The van der Waals surface area contributed by atoms with Crippen LogP contribution in [0.3, 0.4) is 0 Å². The number of unbranched alkanes of at least 4 members (excludes halogenated alkanes) is 1. The monoisotopic (exact) mass is 318 g/mol. The standard InChI is InChI=1S/C20H30O3/c1-5-6-14-20-16(22-17(21)23-20)15-10-7-8-12-19(15,4)13-9-11-18(20,2)3/h9-10,13,16H,5-8,11-12,14H2,1-4H3/b13-9-/t16-,19+,20+/m0/s1. The molecule has 0 unspecified atom stereocenters. The fraction of sp³-hybridized carbons (Fsp3) is 0.750. The van der Waals surface area contributed by atoms with Gasteiger partial charge in [-0.15, -0.1) is 0 Å². The Morgan fingerprint density at radius 3 is 2.83 bits per heavy atom. The van der Waals surface area contributed by atoms with Crippen molar-refractivity contribution in [1.29, 1.82) is 0 Å². The third-order valence-electron chi connectivity index (χ3n) is 6.27. The number of ether oxygens (including phenoxy) is 2. The van der Waals surface area contributed by atoms with Crippen molar-refractivity contribution >= 4 is 6.16 Å². The molecule has 0 aromatic carbocycles. The van der Waals surface area contributed by atoms with Crippen LogP contribution in [0, 0.1) is 10.8 Å². The highest BCUT2D eigenvalue weighted by Crippen LogP contribution is 2.56. The molecular formula is C20H30O3. The highest BCUT2D eigenvalue weighted by molar-refractivity contribution is 5.65. The van der Waals surface area contributed by atoms with Crippen molar-refractivity contribution < 1.29 is 14.3 Å². The van der Waals surface area contributed by atoms with E-state index in [1.807, 2.05) is 0 Å². The molecule has 0 N–H and O–H groups in total. The van der Waals surface area contributed by atoms with E-state index in [-0.39, 0.29) is 16.9 Å². The van der Waals surface area contributed by atoms with Gasteiger partial charge in [-0.05, 0) is 44.1 Å². The van der Waals surface area contributed by atoms with Gasteiger partial charge in [-0.25, -0.2) is 4.79 Å². The lowest BCUT2D eigenvalue weighted by atomic mass is 9.59. The molecule has 3 heteroatoms. The Hall–Kier alpha value is -1.25. The second-order valence-corrected chi connectivity index (χ2v) is 8.30. The van der Waals surface area contributed by atoms with Crippen molar-refractivity contribution in [3.05, 3.63) is 23.8 Å². The fourth-order valence-electron chi connectivity index (χ4n) is 4.66. The van der Waals surface area contributed by atoms with Crippen LogP contribution in [0.1, 0.15) is 72.6 Å². The number of carbonyl (C=O) groups is 1. The molecule has 0 radical (unpaired) electrons. The van der Waals surface area contributed by atoms with Crippen molar-refractivity contribution in [2.75, 3.05) is 0 Å². The topological polar surface area (TPSA) is 35.5 Å². The predicted molar refractivity (Wildman–Crippen MR) is 91.2 cm³/mol. The number of fused-ring (bicyclic) bond motifs is 3. The molecule has 0 amide bonds. The summed E-state index contributed by atoms with van der Waals surface area (Å²) in [6, 6.07) is 0. The van der Waals surface area contributed by atoms with Gasteiger partial charge in [-0.2, -0.15) is 0 Å². The molecule has 1 aliphatic heterocycles. The van der Waals surface area contributed by atoms with Crippen molar-refractivity contribution in [2.45, 2.75) is 84.3 Å². The molecule has 3 atom stereocenters. The minimum atomic E-state index is -0.546. The molecule has 0 bridgehead atoms. The van der Waals surface area contributed by atoms with Gasteiger partial charge in [-0.3, -0.25) is 0 Å². The van der Waals surface area contributed by atoms with Crippen LogP contribution in [0.5, 0.6) is 0 Å². The van der Waals surface area contributed by atoms with E-state index >= 15 is 0 Å². The molecule has 0 saturated carbocycles. The summed E-state index contributed by atoms with van der Waals surface area (Å²) in [7, 11) is 0. The van der Waals surface area contributed by atoms with Crippen LogP contribution < -0.4 is 0 Å². The Morgan fingerprint density at radius 2 is 2.09 bits per heavy atom. The summed E-state index contributed by atoms with van der Waals surface area (Å²) in [4.78, 5) is 12.2. The maximum atomic E-state index is 12.2. The quantitative estimate of drug-likeness (QED) is 0.505. The van der Waals surface area contributed by atoms with Crippen molar-refractivity contribution in [1.82, 2.24) is 0 Å². The second kappa shape index (κ2) is 5.68. The van der Waals surface area contributed by atoms with E-state index in [1.165, 1.54) is 12.0 Å². The highest BCUT2D eigenvalue weighted by atomic mass is 16.8. The first kappa shape index (κ1) is 16.6. The molecule has 3 nitrogen and oxygen atoms in total. The number of allylic oxidation sites excluding steroid dienone is 3. The zero-order chi connectivity index (χ0) is 16.7. The molecule has 0 aromatic heterocycles. The molecule has 0 aromatic rings. The molecule has 3 rings (SSSR count). The normalized spacial score (nSPS) is 39.9. The maximum absolute atomic E-state index is 12.2. The molecule has 23 heavy (non-hydrogen) atoms. The Labute approximate surface area is 140 Å². The van der Waals surface area contributed by atoms with Gasteiger partial charge in [0, 0.05) is 10.8 Å². The van der Waals surface area contributed by atoms with E-state index in [4.69, 9.17) is 9.47 Å². The van der Waals surface area contributed by atoms with E-state index in [2.05, 4.69) is 45.9 Å². The summed E-state index contributed by atoms with van der Waals surface area (Å²) in [5, 5.41) is 0. The van der Waals surface area contributed by atoms with Crippen molar-refractivity contribution in [2.24, 2.45) is 10.8 Å². The lowest BCUT2D eigenvalue weighted by molar-refractivity contribution is -0.0740. The SMILES string of the molecule is CCCC[C@@]12OC(=O)O[C@H]1C1=CCCC[C@]1(C)/C=C\CC2(C)C. The molecule has 128 valence electrons. The van der Waals surface area contributed by atoms with E-state index in [1.54, 1.807) is 0 Å². The first-order valence-electron chi connectivity index (χ1n) is 9.12. The largest absolute Gasteiger partial charge is 0.509 e. The lowest BCUT2D eigenvalue weighted by Crippen LogP contribution is -2.55. The van der Waals surface area contributed by atoms with Crippen molar-refractivity contribution in [3.63, 3.8) is 0 Å². The third-order valence-corrected chi connectivity index (χ3v) is 6.27. The summed E-state index contributed by atoms with van der Waals surface area (Å²) >= 11 is 0. The number of hydrogen-bond donors (Lipinski definition) is 0. The Kier molecular flexibility index (Phi) is 4.10. The zero-order valence-corrected chi connectivity index (χ0v) is 15.0. The van der Waals surface area contributed by atoms with Gasteiger partial charge in [0.2, 0.25) is 0 Å². The van der Waals surface area contributed by atoms with Gasteiger partial charge in [0.25, 0.3) is 0 Å². The average Bonchev–Trinajstić information content (AvgIpc) is 2.82. The van der Waals surface area contributed by atoms with Gasteiger partial charge in [0.05, 0.1) is 0 Å². The minimum absolute atomic E-state index is 0.00907. The van der Waals surface area contributed by atoms with Crippen LogP contribution in [0.4, 0.5) is 4.79 Å². The van der Waals surface area contributed by atoms with Crippen LogP contribution in [-0.4, -0.2) is 17.9 Å².